The van der Waals surface area contributed by atoms with E-state index in [1.165, 1.54) is 42.1 Å². The first-order valence-corrected chi connectivity index (χ1v) is 10.6. The number of nitrogens with one attached hydrogen (secondary N) is 2. The van der Waals surface area contributed by atoms with Gasteiger partial charge in [-0.2, -0.15) is 0 Å². The molecule has 0 saturated heterocycles. The molecule has 0 saturated carbocycles. The van der Waals surface area contributed by atoms with Gasteiger partial charge in [0, 0.05) is 15.1 Å². The summed E-state index contributed by atoms with van der Waals surface area (Å²) in [7, 11) is 0. The minimum absolute atomic E-state index is 0.0557. The summed E-state index contributed by atoms with van der Waals surface area (Å²) in [5, 5.41) is 4.69. The monoisotopic (exact) mass is 490 g/mol. The highest BCUT2D eigenvalue weighted by molar-refractivity contribution is 9.10. The van der Waals surface area contributed by atoms with Gasteiger partial charge in [0.1, 0.15) is 11.6 Å². The summed E-state index contributed by atoms with van der Waals surface area (Å²) < 4.78 is 28.3. The molecule has 0 aromatic heterocycles. The lowest BCUT2D eigenvalue weighted by atomic mass is 10.2. The largest absolute Gasteiger partial charge is 0.323 e. The van der Waals surface area contributed by atoms with E-state index in [4.69, 9.17) is 0 Å². The summed E-state index contributed by atoms with van der Waals surface area (Å²) in [4.78, 5) is 25.4. The molecule has 0 spiro atoms. The van der Waals surface area contributed by atoms with Crippen molar-refractivity contribution in [2.45, 2.75) is 17.1 Å². The minimum Gasteiger partial charge on any atom is -0.323 e. The van der Waals surface area contributed by atoms with Crippen molar-refractivity contribution in [1.82, 2.24) is 0 Å². The highest BCUT2D eigenvalue weighted by Gasteiger charge is 2.17. The molecule has 4 nitrogen and oxygen atoms in total. The van der Waals surface area contributed by atoms with Crippen LogP contribution in [0.25, 0.3) is 0 Å². The van der Waals surface area contributed by atoms with Crippen LogP contribution in [0.15, 0.2) is 76.1 Å². The lowest BCUT2D eigenvalue weighted by Crippen LogP contribution is -2.23. The molecule has 8 heteroatoms. The lowest BCUT2D eigenvalue weighted by molar-refractivity contribution is -0.115. The smallest absolute Gasteiger partial charge is 0.258 e. The Bertz CT molecular complexity index is 1090. The number of rotatable bonds is 6. The maximum Gasteiger partial charge on any atom is 0.258 e. The second kappa shape index (κ2) is 9.86. The molecule has 3 aromatic rings. The van der Waals surface area contributed by atoms with Crippen LogP contribution in [0, 0.1) is 11.6 Å². The average molecular weight is 491 g/mol. The van der Waals surface area contributed by atoms with Gasteiger partial charge in [-0.3, -0.25) is 9.59 Å². The zero-order chi connectivity index (χ0) is 21.7. The topological polar surface area (TPSA) is 58.2 Å². The third kappa shape index (κ3) is 5.67. The number of hydrogen-bond donors (Lipinski definition) is 2. The van der Waals surface area contributed by atoms with Crippen LogP contribution in [0.3, 0.4) is 0 Å². The number of amides is 2. The first-order valence-electron chi connectivity index (χ1n) is 8.92. The Morgan fingerprint density at radius 2 is 1.70 bits per heavy atom. The fraction of sp³-hybridized carbons (Fsp3) is 0.0909. The maximum atomic E-state index is 13.9. The molecule has 0 aliphatic heterocycles. The van der Waals surface area contributed by atoms with Crippen molar-refractivity contribution >= 4 is 50.9 Å². The second-order valence-electron chi connectivity index (χ2n) is 6.34. The van der Waals surface area contributed by atoms with Crippen LogP contribution < -0.4 is 10.6 Å². The Kier molecular flexibility index (Phi) is 7.23. The standard InChI is InChI=1S/C22H17BrF2N2O2S/c1-13(21(28)27-20-10-9-14(23)11-19(20)25)30-16-6-4-5-15(12-16)26-22(29)17-7-2-3-8-18(17)24/h2-13H,1H3,(H,26,29)(H,27,28). The van der Waals surface area contributed by atoms with Crippen molar-refractivity contribution in [2.75, 3.05) is 10.6 Å². The Morgan fingerprint density at radius 1 is 0.933 bits per heavy atom. The average Bonchev–Trinajstić information content (AvgIpc) is 2.70. The van der Waals surface area contributed by atoms with Crippen LogP contribution in [0.1, 0.15) is 17.3 Å². The summed E-state index contributed by atoms with van der Waals surface area (Å²) in [5.74, 6) is -2.06. The van der Waals surface area contributed by atoms with Gasteiger partial charge in [-0.15, -0.1) is 11.8 Å². The van der Waals surface area contributed by atoms with Crippen LogP contribution in [-0.2, 0) is 4.79 Å². The normalized spacial score (nSPS) is 11.6. The molecule has 30 heavy (non-hydrogen) atoms. The SMILES string of the molecule is CC(Sc1cccc(NC(=O)c2ccccc2F)c1)C(=O)Nc1ccc(Br)cc1F. The molecule has 0 aliphatic carbocycles. The van der Waals surface area contributed by atoms with Crippen LogP contribution >= 0.6 is 27.7 Å². The van der Waals surface area contributed by atoms with E-state index >= 15 is 0 Å². The van der Waals surface area contributed by atoms with Gasteiger partial charge in [-0.1, -0.05) is 34.1 Å². The molecule has 0 heterocycles. The molecular weight excluding hydrogens is 474 g/mol. The summed E-state index contributed by atoms with van der Waals surface area (Å²) >= 11 is 4.42. The van der Waals surface area contributed by atoms with E-state index in [-0.39, 0.29) is 17.2 Å². The predicted octanol–water partition coefficient (Wildman–Crippen LogP) is 6.10. The van der Waals surface area contributed by atoms with Crippen molar-refractivity contribution in [2.24, 2.45) is 0 Å². The molecule has 3 rings (SSSR count). The maximum absolute atomic E-state index is 13.9. The number of benzene rings is 3. The van der Waals surface area contributed by atoms with Gasteiger partial charge in [-0.25, -0.2) is 8.78 Å². The molecule has 0 bridgehead atoms. The third-order valence-corrected chi connectivity index (χ3v) is 5.67. The highest BCUT2D eigenvalue weighted by Crippen LogP contribution is 2.27. The highest BCUT2D eigenvalue weighted by atomic mass is 79.9. The zero-order valence-electron chi connectivity index (χ0n) is 15.8. The summed E-state index contributed by atoms with van der Waals surface area (Å²) in [6, 6.07) is 17.0. The third-order valence-electron chi connectivity index (χ3n) is 4.08. The van der Waals surface area contributed by atoms with E-state index in [1.807, 2.05) is 0 Å². The molecular formula is C22H17BrF2N2O2S. The van der Waals surface area contributed by atoms with Crippen molar-refractivity contribution in [1.29, 1.82) is 0 Å². The summed E-state index contributed by atoms with van der Waals surface area (Å²) in [5.41, 5.74) is 0.515. The van der Waals surface area contributed by atoms with Crippen LogP contribution in [-0.4, -0.2) is 17.1 Å². The zero-order valence-corrected chi connectivity index (χ0v) is 18.2. The Labute approximate surface area is 185 Å². The van der Waals surface area contributed by atoms with E-state index in [0.717, 1.165) is 4.90 Å². The molecule has 1 unspecified atom stereocenters. The van der Waals surface area contributed by atoms with Crippen LogP contribution in [0.4, 0.5) is 20.2 Å². The quantitative estimate of drug-likeness (QED) is 0.410. The minimum atomic E-state index is -0.606. The van der Waals surface area contributed by atoms with Gasteiger partial charge in [0.15, 0.2) is 0 Å². The second-order valence-corrected chi connectivity index (χ2v) is 8.67. The number of thioether (sulfide) groups is 1. The van der Waals surface area contributed by atoms with Crippen molar-refractivity contribution in [3.8, 4) is 0 Å². The number of halogens is 3. The van der Waals surface area contributed by atoms with Crippen molar-refractivity contribution in [3.05, 3.63) is 88.4 Å². The molecule has 1 atom stereocenters. The number of anilines is 2. The lowest BCUT2D eigenvalue weighted by Gasteiger charge is -2.13. The number of carbonyl (C=O) groups is 2. The molecule has 2 N–H and O–H groups in total. The molecule has 0 aliphatic rings. The van der Waals surface area contributed by atoms with Gasteiger partial charge >= 0.3 is 0 Å². The van der Waals surface area contributed by atoms with Gasteiger partial charge in [0.05, 0.1) is 16.5 Å². The van der Waals surface area contributed by atoms with Gasteiger partial charge in [-0.05, 0) is 55.5 Å². The molecule has 3 aromatic carbocycles. The van der Waals surface area contributed by atoms with E-state index < -0.39 is 22.8 Å². The molecule has 154 valence electrons. The first kappa shape index (κ1) is 22.0. The Balaban J connectivity index is 1.65. The van der Waals surface area contributed by atoms with Crippen LogP contribution in [0.2, 0.25) is 0 Å². The van der Waals surface area contributed by atoms with Crippen molar-refractivity contribution in [3.63, 3.8) is 0 Å². The predicted molar refractivity (Wildman–Crippen MR) is 119 cm³/mol. The Morgan fingerprint density at radius 3 is 2.43 bits per heavy atom. The van der Waals surface area contributed by atoms with Gasteiger partial charge in [0.25, 0.3) is 5.91 Å². The summed E-state index contributed by atoms with van der Waals surface area (Å²) in [6.45, 7) is 1.70. The molecule has 2 amide bonds. The molecule has 0 fully saturated rings. The summed E-state index contributed by atoms with van der Waals surface area (Å²) in [6.07, 6.45) is 0. The number of hydrogen-bond acceptors (Lipinski definition) is 3. The number of carbonyl (C=O) groups excluding carboxylic acids is 2. The van der Waals surface area contributed by atoms with Crippen LogP contribution in [0.5, 0.6) is 0 Å². The molecule has 0 radical (unpaired) electrons. The fourth-order valence-corrected chi connectivity index (χ4v) is 3.83. The van der Waals surface area contributed by atoms with Gasteiger partial charge in [0.2, 0.25) is 5.91 Å². The van der Waals surface area contributed by atoms with E-state index in [0.29, 0.717) is 10.2 Å². The fourth-order valence-electron chi connectivity index (χ4n) is 2.57. The Hall–Kier alpha value is -2.71. The van der Waals surface area contributed by atoms with Crippen molar-refractivity contribution < 1.29 is 18.4 Å². The van der Waals surface area contributed by atoms with Gasteiger partial charge < -0.3 is 10.6 Å². The van der Waals surface area contributed by atoms with E-state index in [9.17, 15) is 18.4 Å². The van der Waals surface area contributed by atoms with E-state index in [1.54, 1.807) is 43.3 Å². The van der Waals surface area contributed by atoms with E-state index in [2.05, 4.69) is 26.6 Å². The first-order chi connectivity index (χ1) is 14.3.